The molecule has 0 spiro atoms. The largest absolute Gasteiger partial charge is 0.489 e. The van der Waals surface area contributed by atoms with Crippen molar-refractivity contribution in [3.05, 3.63) is 29.3 Å². The van der Waals surface area contributed by atoms with Gasteiger partial charge < -0.3 is 14.6 Å². The molecule has 88 valence electrons. The maximum absolute atomic E-state index is 10.8. The monoisotopic (exact) mass is 244 g/mol. The van der Waals surface area contributed by atoms with Gasteiger partial charge in [-0.2, -0.15) is 0 Å². The smallest absolute Gasteiger partial charge is 0.336 e. The first-order valence-corrected chi connectivity index (χ1v) is 5.24. The summed E-state index contributed by atoms with van der Waals surface area (Å²) in [6, 6.07) is 6.88. The Morgan fingerprint density at radius 2 is 2.19 bits per heavy atom. The number of para-hydroxylation sites is 1. The van der Waals surface area contributed by atoms with Crippen LogP contribution in [-0.2, 0) is 9.53 Å². The molecule has 0 heterocycles. The van der Waals surface area contributed by atoms with Gasteiger partial charge in [-0.3, -0.25) is 0 Å². The lowest BCUT2D eigenvalue weighted by Gasteiger charge is -2.14. The summed E-state index contributed by atoms with van der Waals surface area (Å²) in [4.78, 5) is 10.8. The molecular weight excluding hydrogens is 232 g/mol. The summed E-state index contributed by atoms with van der Waals surface area (Å²) in [5.74, 6) is -0.593. The minimum atomic E-state index is -1.05. The highest BCUT2D eigenvalue weighted by Gasteiger charge is 2.18. The summed E-state index contributed by atoms with van der Waals surface area (Å²) < 4.78 is 10.3. The number of halogens is 1. The molecule has 1 N–H and O–H groups in total. The van der Waals surface area contributed by atoms with Gasteiger partial charge in [-0.15, -0.1) is 0 Å². The van der Waals surface area contributed by atoms with Gasteiger partial charge in [0.05, 0.1) is 5.02 Å². The van der Waals surface area contributed by atoms with Gasteiger partial charge in [-0.1, -0.05) is 23.7 Å². The summed E-state index contributed by atoms with van der Waals surface area (Å²) >= 11 is 5.85. The zero-order valence-corrected chi connectivity index (χ0v) is 9.61. The Kier molecular flexibility index (Phi) is 5.08. The van der Waals surface area contributed by atoms with Crippen molar-refractivity contribution in [1.29, 1.82) is 0 Å². The van der Waals surface area contributed by atoms with E-state index in [1.165, 1.54) is 0 Å². The van der Waals surface area contributed by atoms with Crippen LogP contribution in [0.15, 0.2) is 24.3 Å². The van der Waals surface area contributed by atoms with Crippen LogP contribution in [0.25, 0.3) is 0 Å². The van der Waals surface area contributed by atoms with Gasteiger partial charge in [0.25, 0.3) is 0 Å². The van der Waals surface area contributed by atoms with Crippen LogP contribution in [0.2, 0.25) is 5.02 Å². The number of hydrogen-bond acceptors (Lipinski definition) is 3. The second kappa shape index (κ2) is 6.35. The van der Waals surface area contributed by atoms with E-state index in [0.717, 1.165) is 0 Å². The molecule has 1 aromatic rings. The third-order valence-electron chi connectivity index (χ3n) is 1.87. The van der Waals surface area contributed by atoms with Crippen LogP contribution in [0, 0.1) is 0 Å². The van der Waals surface area contributed by atoms with Gasteiger partial charge in [-0.25, -0.2) is 4.79 Å². The van der Waals surface area contributed by atoms with E-state index in [1.54, 1.807) is 31.2 Å². The van der Waals surface area contributed by atoms with Gasteiger partial charge in [0.15, 0.2) is 6.10 Å². The Balaban J connectivity index is 2.55. The minimum Gasteiger partial charge on any atom is -0.489 e. The molecule has 0 fully saturated rings. The Hall–Kier alpha value is -1.26. The molecule has 0 saturated heterocycles. The predicted molar refractivity (Wildman–Crippen MR) is 60.0 cm³/mol. The van der Waals surface area contributed by atoms with Gasteiger partial charge in [-0.05, 0) is 19.1 Å². The van der Waals surface area contributed by atoms with Crippen LogP contribution in [0.5, 0.6) is 5.75 Å². The fourth-order valence-electron chi connectivity index (χ4n) is 1.12. The summed E-state index contributed by atoms with van der Waals surface area (Å²) in [6.45, 7) is 1.99. The molecule has 0 saturated carbocycles. The summed E-state index contributed by atoms with van der Waals surface area (Å²) in [6.07, 6.45) is -0.971. The van der Waals surface area contributed by atoms with Crippen molar-refractivity contribution in [2.24, 2.45) is 0 Å². The predicted octanol–water partition coefficient (Wildman–Crippen LogP) is 2.21. The highest BCUT2D eigenvalue weighted by atomic mass is 35.5. The standard InChI is InChI=1S/C11H13ClO4/c1-2-15-10(11(13)14)7-16-9-6-4-3-5-8(9)12/h3-6,10H,2,7H2,1H3,(H,13,14). The number of carbonyl (C=O) groups is 1. The summed E-state index contributed by atoms with van der Waals surface area (Å²) in [5, 5.41) is 9.26. The minimum absolute atomic E-state index is 0.0626. The molecule has 1 aromatic carbocycles. The van der Waals surface area contributed by atoms with Crippen LogP contribution in [0.4, 0.5) is 0 Å². The van der Waals surface area contributed by atoms with Crippen molar-refractivity contribution >= 4 is 17.6 Å². The van der Waals surface area contributed by atoms with Crippen molar-refractivity contribution in [3.63, 3.8) is 0 Å². The molecular formula is C11H13ClO4. The molecule has 0 aliphatic carbocycles. The van der Waals surface area contributed by atoms with Gasteiger partial charge >= 0.3 is 5.97 Å². The van der Waals surface area contributed by atoms with Crippen molar-refractivity contribution in [3.8, 4) is 5.75 Å². The average molecular weight is 245 g/mol. The van der Waals surface area contributed by atoms with Crippen LogP contribution in [0.1, 0.15) is 6.92 Å². The molecule has 5 heteroatoms. The average Bonchev–Trinajstić information content (AvgIpc) is 2.26. The van der Waals surface area contributed by atoms with Crippen LogP contribution < -0.4 is 4.74 Å². The maximum atomic E-state index is 10.8. The number of benzene rings is 1. The van der Waals surface area contributed by atoms with E-state index in [-0.39, 0.29) is 6.61 Å². The van der Waals surface area contributed by atoms with E-state index in [2.05, 4.69) is 0 Å². The lowest BCUT2D eigenvalue weighted by Crippen LogP contribution is -2.30. The molecule has 1 rings (SSSR count). The SMILES string of the molecule is CCOC(COc1ccccc1Cl)C(=O)O. The lowest BCUT2D eigenvalue weighted by atomic mass is 10.3. The zero-order valence-electron chi connectivity index (χ0n) is 8.85. The first-order valence-electron chi connectivity index (χ1n) is 4.87. The van der Waals surface area contributed by atoms with E-state index in [9.17, 15) is 4.79 Å². The highest BCUT2D eigenvalue weighted by molar-refractivity contribution is 6.32. The summed E-state index contributed by atoms with van der Waals surface area (Å²) in [5.41, 5.74) is 0. The topological polar surface area (TPSA) is 55.8 Å². The molecule has 0 aliphatic heterocycles. The van der Waals surface area contributed by atoms with Crippen LogP contribution >= 0.6 is 11.6 Å². The normalized spacial score (nSPS) is 12.1. The fraction of sp³-hybridized carbons (Fsp3) is 0.364. The second-order valence-corrected chi connectivity index (χ2v) is 3.43. The Morgan fingerprint density at radius 3 is 2.75 bits per heavy atom. The Morgan fingerprint density at radius 1 is 1.50 bits per heavy atom. The van der Waals surface area contributed by atoms with Crippen molar-refractivity contribution < 1.29 is 19.4 Å². The molecule has 0 aromatic heterocycles. The van der Waals surface area contributed by atoms with Crippen molar-refractivity contribution in [1.82, 2.24) is 0 Å². The maximum Gasteiger partial charge on any atom is 0.336 e. The van der Waals surface area contributed by atoms with Crippen LogP contribution in [-0.4, -0.2) is 30.4 Å². The fourth-order valence-corrected chi connectivity index (χ4v) is 1.31. The number of ether oxygens (including phenoxy) is 2. The highest BCUT2D eigenvalue weighted by Crippen LogP contribution is 2.23. The quantitative estimate of drug-likeness (QED) is 0.834. The zero-order chi connectivity index (χ0) is 12.0. The van der Waals surface area contributed by atoms with E-state index in [1.807, 2.05) is 0 Å². The van der Waals surface area contributed by atoms with E-state index < -0.39 is 12.1 Å². The van der Waals surface area contributed by atoms with Gasteiger partial charge in [0.1, 0.15) is 12.4 Å². The first-order chi connectivity index (χ1) is 7.65. The van der Waals surface area contributed by atoms with E-state index in [4.69, 9.17) is 26.2 Å². The molecule has 0 aliphatic rings. The van der Waals surface area contributed by atoms with Crippen LogP contribution in [0.3, 0.4) is 0 Å². The van der Waals surface area contributed by atoms with E-state index >= 15 is 0 Å². The summed E-state index contributed by atoms with van der Waals surface area (Å²) in [7, 11) is 0. The van der Waals surface area contributed by atoms with Crippen molar-refractivity contribution in [2.45, 2.75) is 13.0 Å². The lowest BCUT2D eigenvalue weighted by molar-refractivity contribution is -0.152. The number of aliphatic carboxylic acids is 1. The number of carboxylic acid groups (broad SMARTS) is 1. The molecule has 0 radical (unpaired) electrons. The Labute approximate surface area is 98.7 Å². The van der Waals surface area contributed by atoms with Gasteiger partial charge in [0, 0.05) is 6.61 Å². The second-order valence-electron chi connectivity index (χ2n) is 3.02. The molecule has 4 nitrogen and oxygen atoms in total. The molecule has 16 heavy (non-hydrogen) atoms. The number of rotatable bonds is 6. The third-order valence-corrected chi connectivity index (χ3v) is 2.18. The third kappa shape index (κ3) is 3.72. The van der Waals surface area contributed by atoms with E-state index in [0.29, 0.717) is 17.4 Å². The molecule has 1 atom stereocenters. The molecule has 0 bridgehead atoms. The first kappa shape index (κ1) is 12.8. The Bertz CT molecular complexity index is 354. The van der Waals surface area contributed by atoms with Gasteiger partial charge in [0.2, 0.25) is 0 Å². The van der Waals surface area contributed by atoms with Crippen molar-refractivity contribution in [2.75, 3.05) is 13.2 Å². The molecule has 1 unspecified atom stereocenters. The number of carboxylic acids is 1. The number of hydrogen-bond donors (Lipinski definition) is 1. The molecule has 0 amide bonds.